The van der Waals surface area contributed by atoms with Gasteiger partial charge in [0.25, 0.3) is 0 Å². The number of fused-ring (bicyclic) bond motifs is 2. The standard InChI is InChI=1S/C24H28F3N3/c1-17-19-9-4-6-12-22(19,15-28)30(23(16-29)13-7-5-10-20(17)23)14-18-8-2-3-11-21(18)24(25,26)27/h2-3,8,11,17,19-20H,4-7,9-10,12-14H2,1H3/t17?,19-,20-,22-,23+/m1/s1. The van der Waals surface area contributed by atoms with Crippen molar-refractivity contribution in [2.45, 2.75) is 82.1 Å². The molecule has 30 heavy (non-hydrogen) atoms. The van der Waals surface area contributed by atoms with E-state index in [0.717, 1.165) is 44.6 Å². The highest BCUT2D eigenvalue weighted by atomic mass is 19.4. The summed E-state index contributed by atoms with van der Waals surface area (Å²) in [5.74, 6) is 0.414. The minimum Gasteiger partial charge on any atom is -0.262 e. The molecule has 3 fully saturated rings. The minimum atomic E-state index is -4.46. The lowest BCUT2D eigenvalue weighted by Gasteiger charge is -2.64. The second-order valence-corrected chi connectivity index (χ2v) is 9.38. The van der Waals surface area contributed by atoms with E-state index in [1.54, 1.807) is 6.07 Å². The van der Waals surface area contributed by atoms with E-state index in [1.165, 1.54) is 12.1 Å². The van der Waals surface area contributed by atoms with E-state index in [1.807, 2.05) is 4.90 Å². The Balaban J connectivity index is 1.88. The summed E-state index contributed by atoms with van der Waals surface area (Å²) in [6.07, 6.45) is 2.44. The monoisotopic (exact) mass is 415 g/mol. The fourth-order valence-electron chi connectivity index (χ4n) is 6.85. The average molecular weight is 416 g/mol. The van der Waals surface area contributed by atoms with Crippen LogP contribution in [-0.4, -0.2) is 16.0 Å². The number of halogens is 3. The van der Waals surface area contributed by atoms with Gasteiger partial charge in [0.1, 0.15) is 11.1 Å². The number of nitriles is 2. The summed E-state index contributed by atoms with van der Waals surface area (Å²) in [5.41, 5.74) is -2.25. The van der Waals surface area contributed by atoms with Gasteiger partial charge in [0, 0.05) is 6.54 Å². The van der Waals surface area contributed by atoms with Gasteiger partial charge in [0.2, 0.25) is 0 Å². The van der Waals surface area contributed by atoms with Crippen molar-refractivity contribution in [3.8, 4) is 12.1 Å². The molecule has 0 radical (unpaired) electrons. The predicted molar refractivity (Wildman–Crippen MR) is 107 cm³/mol. The number of rotatable bonds is 2. The van der Waals surface area contributed by atoms with E-state index >= 15 is 0 Å². The second kappa shape index (κ2) is 7.57. The first-order chi connectivity index (χ1) is 14.3. The van der Waals surface area contributed by atoms with Gasteiger partial charge in [-0.15, -0.1) is 0 Å². The number of piperidine rings is 1. The van der Waals surface area contributed by atoms with Crippen molar-refractivity contribution in [1.82, 2.24) is 4.90 Å². The zero-order chi connectivity index (χ0) is 21.6. The number of alkyl halides is 3. The summed E-state index contributed by atoms with van der Waals surface area (Å²) in [6, 6.07) is 10.8. The first-order valence-electron chi connectivity index (χ1n) is 11.1. The molecular weight excluding hydrogens is 387 g/mol. The van der Waals surface area contributed by atoms with Crippen LogP contribution in [0, 0.1) is 40.4 Å². The smallest absolute Gasteiger partial charge is 0.262 e. The first-order valence-corrected chi connectivity index (χ1v) is 11.1. The normalized spacial score (nSPS) is 36.8. The summed E-state index contributed by atoms with van der Waals surface area (Å²) in [7, 11) is 0. The molecule has 4 rings (SSSR count). The quantitative estimate of drug-likeness (QED) is 0.590. The largest absolute Gasteiger partial charge is 0.416 e. The van der Waals surface area contributed by atoms with E-state index in [2.05, 4.69) is 19.1 Å². The molecule has 0 N–H and O–H groups in total. The maximum Gasteiger partial charge on any atom is 0.416 e. The fraction of sp³-hybridized carbons (Fsp3) is 0.667. The molecule has 3 nitrogen and oxygen atoms in total. The summed E-state index contributed by atoms with van der Waals surface area (Å²) in [4.78, 5) is 1.94. The maximum atomic E-state index is 13.7. The maximum absolute atomic E-state index is 13.7. The molecule has 3 aliphatic rings. The number of hydrogen-bond acceptors (Lipinski definition) is 3. The van der Waals surface area contributed by atoms with Gasteiger partial charge in [-0.1, -0.05) is 50.8 Å². The summed E-state index contributed by atoms with van der Waals surface area (Å²) >= 11 is 0. The molecule has 0 bridgehead atoms. The lowest BCUT2D eigenvalue weighted by atomic mass is 9.52. The third-order valence-corrected chi connectivity index (χ3v) is 8.14. The Morgan fingerprint density at radius 3 is 2.00 bits per heavy atom. The molecule has 1 aliphatic heterocycles. The lowest BCUT2D eigenvalue weighted by molar-refractivity contribution is -0.151. The second-order valence-electron chi connectivity index (χ2n) is 9.38. The highest BCUT2D eigenvalue weighted by molar-refractivity contribution is 5.34. The van der Waals surface area contributed by atoms with Crippen molar-refractivity contribution in [2.24, 2.45) is 17.8 Å². The van der Waals surface area contributed by atoms with E-state index in [4.69, 9.17) is 0 Å². The molecular formula is C24H28F3N3. The Morgan fingerprint density at radius 2 is 1.50 bits per heavy atom. The number of nitrogens with zero attached hydrogens (tertiary/aromatic N) is 3. The van der Waals surface area contributed by atoms with Crippen molar-refractivity contribution < 1.29 is 13.2 Å². The molecule has 1 heterocycles. The Morgan fingerprint density at radius 1 is 0.967 bits per heavy atom. The van der Waals surface area contributed by atoms with Gasteiger partial charge in [0.05, 0.1) is 17.7 Å². The molecule has 0 amide bonds. The zero-order valence-corrected chi connectivity index (χ0v) is 17.4. The Hall–Kier alpha value is -2.05. The number of likely N-dealkylation sites (tertiary alicyclic amines) is 1. The summed E-state index contributed by atoms with van der Waals surface area (Å²) in [5, 5.41) is 20.9. The molecule has 1 aromatic rings. The summed E-state index contributed by atoms with van der Waals surface area (Å²) in [6.45, 7) is 2.17. The van der Waals surface area contributed by atoms with Gasteiger partial charge >= 0.3 is 6.18 Å². The van der Waals surface area contributed by atoms with Gasteiger partial charge in [0.15, 0.2) is 0 Å². The van der Waals surface area contributed by atoms with Crippen LogP contribution in [0.2, 0.25) is 0 Å². The molecule has 0 spiro atoms. The van der Waals surface area contributed by atoms with Crippen LogP contribution in [0.1, 0.15) is 69.4 Å². The average Bonchev–Trinajstić information content (AvgIpc) is 2.76. The fourth-order valence-corrected chi connectivity index (χ4v) is 6.85. The molecule has 2 saturated carbocycles. The van der Waals surface area contributed by atoms with Crippen LogP contribution in [0.5, 0.6) is 0 Å². The first kappa shape index (κ1) is 21.2. The third-order valence-electron chi connectivity index (χ3n) is 8.14. The van der Waals surface area contributed by atoms with Gasteiger partial charge in [-0.2, -0.15) is 23.7 Å². The van der Waals surface area contributed by atoms with E-state index in [-0.39, 0.29) is 29.9 Å². The highest BCUT2D eigenvalue weighted by Gasteiger charge is 2.64. The molecule has 5 atom stereocenters. The topological polar surface area (TPSA) is 50.8 Å². The Bertz CT molecular complexity index is 841. The van der Waals surface area contributed by atoms with Gasteiger partial charge in [-0.3, -0.25) is 4.90 Å². The summed E-state index contributed by atoms with van der Waals surface area (Å²) < 4.78 is 41.2. The van der Waals surface area contributed by atoms with Crippen LogP contribution < -0.4 is 0 Å². The van der Waals surface area contributed by atoms with E-state index < -0.39 is 22.8 Å². The molecule has 1 unspecified atom stereocenters. The van der Waals surface area contributed by atoms with Crippen molar-refractivity contribution in [3.05, 3.63) is 35.4 Å². The molecule has 6 heteroatoms. The van der Waals surface area contributed by atoms with Crippen molar-refractivity contribution in [1.29, 1.82) is 10.5 Å². The van der Waals surface area contributed by atoms with Gasteiger partial charge in [-0.05, 0) is 55.1 Å². The molecule has 1 aromatic carbocycles. The van der Waals surface area contributed by atoms with Crippen molar-refractivity contribution in [2.75, 3.05) is 0 Å². The molecule has 160 valence electrons. The minimum absolute atomic E-state index is 0.00345. The Labute approximate surface area is 176 Å². The number of hydrogen-bond donors (Lipinski definition) is 0. The number of benzene rings is 1. The SMILES string of the molecule is CC1[C@H]2CCCC[C@]2(C#N)N(Cc2ccccc2C(F)(F)F)[C@]2(C#N)CCCC[C@H]12. The lowest BCUT2D eigenvalue weighted by Crippen LogP contribution is -2.72. The van der Waals surface area contributed by atoms with Gasteiger partial charge < -0.3 is 0 Å². The Kier molecular flexibility index (Phi) is 5.35. The van der Waals surface area contributed by atoms with Crippen LogP contribution in [0.4, 0.5) is 13.2 Å². The van der Waals surface area contributed by atoms with Crippen LogP contribution in [0.3, 0.4) is 0 Å². The van der Waals surface area contributed by atoms with Crippen LogP contribution in [0.25, 0.3) is 0 Å². The van der Waals surface area contributed by atoms with Crippen molar-refractivity contribution >= 4 is 0 Å². The molecule has 1 saturated heterocycles. The van der Waals surface area contributed by atoms with Gasteiger partial charge in [-0.25, -0.2) is 0 Å². The van der Waals surface area contributed by atoms with E-state index in [0.29, 0.717) is 12.8 Å². The highest BCUT2D eigenvalue weighted by Crippen LogP contribution is 2.58. The third kappa shape index (κ3) is 3.04. The van der Waals surface area contributed by atoms with Crippen LogP contribution >= 0.6 is 0 Å². The van der Waals surface area contributed by atoms with Crippen LogP contribution in [0.15, 0.2) is 24.3 Å². The van der Waals surface area contributed by atoms with Crippen LogP contribution in [-0.2, 0) is 12.7 Å². The molecule has 0 aromatic heterocycles. The van der Waals surface area contributed by atoms with E-state index in [9.17, 15) is 23.7 Å². The zero-order valence-electron chi connectivity index (χ0n) is 17.4. The van der Waals surface area contributed by atoms with Crippen molar-refractivity contribution in [3.63, 3.8) is 0 Å². The predicted octanol–water partition coefficient (Wildman–Crippen LogP) is 6.06. The molecule has 2 aliphatic carbocycles.